The van der Waals surface area contributed by atoms with E-state index in [0.717, 1.165) is 11.3 Å². The van der Waals surface area contributed by atoms with Crippen molar-refractivity contribution in [2.24, 2.45) is 5.73 Å². The average molecular weight is 347 g/mol. The summed E-state index contributed by atoms with van der Waals surface area (Å²) >= 11 is 0. The second-order valence-corrected chi connectivity index (χ2v) is 6.08. The number of halogens is 1. The van der Waals surface area contributed by atoms with Crippen LogP contribution in [-0.4, -0.2) is 36.5 Å². The minimum Gasteiger partial charge on any atom is -0.484 e. The van der Waals surface area contributed by atoms with Gasteiger partial charge in [0.2, 0.25) is 0 Å². The van der Waals surface area contributed by atoms with Crippen molar-refractivity contribution in [3.05, 3.63) is 65.7 Å². The number of aryl methyl sites for hydroxylation is 1. The Morgan fingerprint density at radius 3 is 2.62 bits per heavy atom. The molecular formula is C19H23ClN2O2. The van der Waals surface area contributed by atoms with E-state index in [2.05, 4.69) is 12.1 Å². The summed E-state index contributed by atoms with van der Waals surface area (Å²) < 4.78 is 5.61. The lowest BCUT2D eigenvalue weighted by Crippen LogP contribution is -2.35. The number of nitrogens with zero attached hydrogens (tertiary/aromatic N) is 1. The summed E-state index contributed by atoms with van der Waals surface area (Å²) in [5.41, 5.74) is 8.53. The molecule has 2 N–H and O–H groups in total. The lowest BCUT2D eigenvalue weighted by molar-refractivity contribution is -0.132. The summed E-state index contributed by atoms with van der Waals surface area (Å²) in [7, 11) is 0. The van der Waals surface area contributed by atoms with Gasteiger partial charge in [-0.15, -0.1) is 12.4 Å². The quantitative estimate of drug-likeness (QED) is 0.926. The normalized spacial score (nSPS) is 19.7. The molecule has 0 aromatic heterocycles. The van der Waals surface area contributed by atoms with E-state index in [-0.39, 0.29) is 36.9 Å². The Kier molecular flexibility index (Phi) is 6.23. The zero-order valence-electron chi connectivity index (χ0n) is 13.7. The van der Waals surface area contributed by atoms with Gasteiger partial charge in [-0.25, -0.2) is 0 Å². The highest BCUT2D eigenvalue weighted by molar-refractivity contribution is 5.85. The van der Waals surface area contributed by atoms with Crippen molar-refractivity contribution in [3.63, 3.8) is 0 Å². The topological polar surface area (TPSA) is 55.6 Å². The third kappa shape index (κ3) is 4.28. The van der Waals surface area contributed by atoms with E-state index in [1.54, 1.807) is 4.90 Å². The lowest BCUT2D eigenvalue weighted by atomic mass is 9.95. The van der Waals surface area contributed by atoms with E-state index in [4.69, 9.17) is 10.5 Å². The van der Waals surface area contributed by atoms with Gasteiger partial charge in [-0.1, -0.05) is 42.5 Å². The first-order valence-electron chi connectivity index (χ1n) is 7.91. The van der Waals surface area contributed by atoms with Crippen molar-refractivity contribution < 1.29 is 9.53 Å². The molecule has 2 aromatic carbocycles. The molecule has 3 rings (SSSR count). The zero-order chi connectivity index (χ0) is 16.2. The third-order valence-electron chi connectivity index (χ3n) is 4.30. The van der Waals surface area contributed by atoms with E-state index in [1.165, 1.54) is 5.56 Å². The van der Waals surface area contributed by atoms with E-state index >= 15 is 0 Å². The van der Waals surface area contributed by atoms with Crippen LogP contribution in [-0.2, 0) is 4.79 Å². The lowest BCUT2D eigenvalue weighted by Gasteiger charge is -2.17. The smallest absolute Gasteiger partial charge is 0.260 e. The van der Waals surface area contributed by atoms with Crippen LogP contribution in [0.1, 0.15) is 17.0 Å². The summed E-state index contributed by atoms with van der Waals surface area (Å²) in [6, 6.07) is 17.8. The molecule has 0 spiro atoms. The Morgan fingerprint density at radius 2 is 1.92 bits per heavy atom. The number of carbonyl (C=O) groups excluding carboxylic acids is 1. The number of likely N-dealkylation sites (tertiary alicyclic amines) is 1. The number of hydrogen-bond donors (Lipinski definition) is 1. The number of benzene rings is 2. The maximum atomic E-state index is 12.4. The van der Waals surface area contributed by atoms with Crippen LogP contribution in [0.3, 0.4) is 0 Å². The molecule has 24 heavy (non-hydrogen) atoms. The molecule has 1 aliphatic rings. The minimum atomic E-state index is -0.0275. The molecule has 1 amide bonds. The number of nitrogens with two attached hydrogens (primary N) is 1. The second-order valence-electron chi connectivity index (χ2n) is 6.08. The Balaban J connectivity index is 0.00000208. The fourth-order valence-electron chi connectivity index (χ4n) is 3.03. The van der Waals surface area contributed by atoms with Gasteiger partial charge in [0.1, 0.15) is 5.75 Å². The van der Waals surface area contributed by atoms with Crippen LogP contribution in [0.15, 0.2) is 54.6 Å². The van der Waals surface area contributed by atoms with Crippen LogP contribution < -0.4 is 10.5 Å². The highest BCUT2D eigenvalue weighted by atomic mass is 35.5. The van der Waals surface area contributed by atoms with Crippen molar-refractivity contribution in [1.29, 1.82) is 0 Å². The molecule has 1 fully saturated rings. The van der Waals surface area contributed by atoms with Gasteiger partial charge in [0.25, 0.3) is 5.91 Å². The molecule has 2 atom stereocenters. The second kappa shape index (κ2) is 8.18. The molecule has 2 aromatic rings. The summed E-state index contributed by atoms with van der Waals surface area (Å²) in [5, 5.41) is 0. The molecule has 0 bridgehead atoms. The van der Waals surface area contributed by atoms with Gasteiger partial charge in [0.15, 0.2) is 6.61 Å². The summed E-state index contributed by atoms with van der Waals surface area (Å²) in [5.74, 6) is 0.904. The van der Waals surface area contributed by atoms with E-state index in [0.29, 0.717) is 13.1 Å². The summed E-state index contributed by atoms with van der Waals surface area (Å²) in [6.07, 6.45) is 0. The standard InChI is InChI=1S/C19H22N2O2.ClH/c1-14-6-5-9-16(10-14)23-13-19(22)21-11-17(18(20)12-21)15-7-3-2-4-8-15;/h2-10,17-18H,11-13,20H2,1H3;1H/t17-,18+;/m0./s1. The fraction of sp³-hybridized carbons (Fsp3) is 0.316. The molecule has 128 valence electrons. The molecule has 5 heteroatoms. The van der Waals surface area contributed by atoms with Crippen molar-refractivity contribution in [2.75, 3.05) is 19.7 Å². The molecule has 1 saturated heterocycles. The predicted octanol–water partition coefficient (Wildman–Crippen LogP) is 2.75. The van der Waals surface area contributed by atoms with Crippen LogP contribution in [0.25, 0.3) is 0 Å². The molecule has 0 radical (unpaired) electrons. The number of carbonyl (C=O) groups is 1. The number of amides is 1. The Labute approximate surface area is 149 Å². The van der Waals surface area contributed by atoms with E-state index in [1.807, 2.05) is 49.4 Å². The van der Waals surface area contributed by atoms with Gasteiger partial charge in [0.05, 0.1) is 0 Å². The van der Waals surface area contributed by atoms with Gasteiger partial charge in [-0.3, -0.25) is 4.79 Å². The molecule has 0 saturated carbocycles. The maximum absolute atomic E-state index is 12.4. The first kappa shape index (κ1) is 18.3. The SMILES string of the molecule is Cc1cccc(OCC(=O)N2C[C@@H](N)[C@H](c3ccccc3)C2)c1.Cl. The largest absolute Gasteiger partial charge is 0.484 e. The average Bonchev–Trinajstić information content (AvgIpc) is 2.95. The van der Waals surface area contributed by atoms with Gasteiger partial charge >= 0.3 is 0 Å². The molecule has 0 aliphatic carbocycles. The number of ether oxygens (including phenoxy) is 1. The highest BCUT2D eigenvalue weighted by Crippen LogP contribution is 2.26. The first-order valence-corrected chi connectivity index (χ1v) is 7.91. The van der Waals surface area contributed by atoms with Crippen LogP contribution >= 0.6 is 12.4 Å². The predicted molar refractivity (Wildman–Crippen MR) is 97.7 cm³/mol. The maximum Gasteiger partial charge on any atom is 0.260 e. The van der Waals surface area contributed by atoms with Crippen molar-refractivity contribution >= 4 is 18.3 Å². The van der Waals surface area contributed by atoms with Crippen LogP contribution in [0.5, 0.6) is 5.75 Å². The molecule has 0 unspecified atom stereocenters. The number of rotatable bonds is 4. The summed E-state index contributed by atoms with van der Waals surface area (Å²) in [6.45, 7) is 3.28. The van der Waals surface area contributed by atoms with Gasteiger partial charge < -0.3 is 15.4 Å². The Morgan fingerprint density at radius 1 is 1.17 bits per heavy atom. The molecule has 1 aliphatic heterocycles. The van der Waals surface area contributed by atoms with Crippen LogP contribution in [0.4, 0.5) is 0 Å². The van der Waals surface area contributed by atoms with Crippen molar-refractivity contribution in [2.45, 2.75) is 18.9 Å². The third-order valence-corrected chi connectivity index (χ3v) is 4.30. The van der Waals surface area contributed by atoms with Gasteiger partial charge in [-0.05, 0) is 30.2 Å². The van der Waals surface area contributed by atoms with Crippen LogP contribution in [0.2, 0.25) is 0 Å². The van der Waals surface area contributed by atoms with Gasteiger partial charge in [-0.2, -0.15) is 0 Å². The molecule has 1 heterocycles. The monoisotopic (exact) mass is 346 g/mol. The van der Waals surface area contributed by atoms with Gasteiger partial charge in [0, 0.05) is 25.0 Å². The fourth-order valence-corrected chi connectivity index (χ4v) is 3.03. The zero-order valence-corrected chi connectivity index (χ0v) is 14.5. The highest BCUT2D eigenvalue weighted by Gasteiger charge is 2.33. The Bertz CT molecular complexity index is 678. The summed E-state index contributed by atoms with van der Waals surface area (Å²) in [4.78, 5) is 14.2. The van der Waals surface area contributed by atoms with E-state index < -0.39 is 0 Å². The first-order chi connectivity index (χ1) is 11.1. The van der Waals surface area contributed by atoms with Crippen molar-refractivity contribution in [3.8, 4) is 5.75 Å². The Hall–Kier alpha value is -2.04. The minimum absolute atomic E-state index is 0. The molecule has 4 nitrogen and oxygen atoms in total. The van der Waals surface area contributed by atoms with E-state index in [9.17, 15) is 4.79 Å². The van der Waals surface area contributed by atoms with Crippen molar-refractivity contribution in [1.82, 2.24) is 4.90 Å². The number of hydrogen-bond acceptors (Lipinski definition) is 3. The van der Waals surface area contributed by atoms with Crippen LogP contribution in [0, 0.1) is 6.92 Å². The molecular weight excluding hydrogens is 324 g/mol.